The summed E-state index contributed by atoms with van der Waals surface area (Å²) in [5.41, 5.74) is -0.396. The Morgan fingerprint density at radius 1 is 1.16 bits per heavy atom. The third-order valence-corrected chi connectivity index (χ3v) is 5.21. The van der Waals surface area contributed by atoms with Crippen molar-refractivity contribution in [2.24, 2.45) is 4.99 Å². The number of nitrogens with one attached hydrogen (secondary N) is 2. The van der Waals surface area contributed by atoms with Gasteiger partial charge in [-0.3, -0.25) is 14.8 Å². The van der Waals surface area contributed by atoms with Crippen LogP contribution in [0, 0.1) is 5.82 Å². The quantitative estimate of drug-likeness (QED) is 0.325. The van der Waals surface area contributed by atoms with Crippen LogP contribution in [0.2, 0.25) is 0 Å². The number of amidine groups is 1. The fourth-order valence-corrected chi connectivity index (χ4v) is 3.53. The number of methoxy groups -OCH3 is 1. The van der Waals surface area contributed by atoms with Gasteiger partial charge >= 0.3 is 6.18 Å². The number of hydrogen-bond acceptors (Lipinski definition) is 6. The molecule has 2 N–H and O–H groups in total. The molecule has 0 saturated carbocycles. The number of hydrogen-bond donors (Lipinski definition) is 2. The zero-order valence-electron chi connectivity index (χ0n) is 19.6. The van der Waals surface area contributed by atoms with Crippen molar-refractivity contribution < 1.29 is 31.8 Å². The van der Waals surface area contributed by atoms with E-state index in [9.17, 15) is 22.4 Å². The predicted molar refractivity (Wildman–Crippen MR) is 130 cm³/mol. The SMILES string of the molecule is COC[C@@H]1CN=C(c2cc(Oc3cccc(C=CC(=O)Nc4ccc(F)c(C(F)(F)F)c4)c3)ccn2)N1. The minimum absolute atomic E-state index is 0.0850. The van der Waals surface area contributed by atoms with Crippen LogP contribution in [-0.2, 0) is 15.7 Å². The van der Waals surface area contributed by atoms with E-state index in [-0.39, 0.29) is 11.7 Å². The molecule has 1 aliphatic heterocycles. The van der Waals surface area contributed by atoms with Crippen LogP contribution < -0.4 is 15.4 Å². The standard InChI is InChI=1S/C26H22F4N4O3/c1-36-15-18-14-32-25(34-18)23-13-20(9-10-31-23)37-19-4-2-3-16(11-19)5-8-24(35)33-17-6-7-22(27)21(12-17)26(28,29)30/h2-13,18H,14-15H2,1H3,(H,32,34)(H,33,35)/t18-/m0/s1. The molecule has 3 aromatic rings. The number of anilines is 1. The van der Waals surface area contributed by atoms with E-state index in [4.69, 9.17) is 9.47 Å². The van der Waals surface area contributed by atoms with Gasteiger partial charge in [-0.1, -0.05) is 12.1 Å². The summed E-state index contributed by atoms with van der Waals surface area (Å²) in [5.74, 6) is -0.422. The molecule has 0 bridgehead atoms. The number of halogens is 4. The molecule has 1 amide bonds. The van der Waals surface area contributed by atoms with E-state index < -0.39 is 23.5 Å². The van der Waals surface area contributed by atoms with Gasteiger partial charge in [0.05, 0.1) is 24.8 Å². The summed E-state index contributed by atoms with van der Waals surface area (Å²) in [7, 11) is 1.63. The van der Waals surface area contributed by atoms with Crippen molar-refractivity contribution in [3.63, 3.8) is 0 Å². The normalized spacial score (nSPS) is 15.4. The Hall–Kier alpha value is -4.25. The van der Waals surface area contributed by atoms with Crippen LogP contribution in [0.4, 0.5) is 23.2 Å². The summed E-state index contributed by atoms with van der Waals surface area (Å²) in [6, 6.07) is 12.6. The number of rotatable bonds is 8. The lowest BCUT2D eigenvalue weighted by atomic mass is 10.1. The van der Waals surface area contributed by atoms with E-state index in [1.165, 1.54) is 6.08 Å². The van der Waals surface area contributed by atoms with Gasteiger partial charge in [-0.25, -0.2) is 4.39 Å². The van der Waals surface area contributed by atoms with Crippen LogP contribution in [0.15, 0.2) is 71.9 Å². The van der Waals surface area contributed by atoms with Crippen molar-refractivity contribution in [3.05, 3.63) is 89.5 Å². The van der Waals surface area contributed by atoms with Crippen LogP contribution in [0.3, 0.4) is 0 Å². The summed E-state index contributed by atoms with van der Waals surface area (Å²) >= 11 is 0. The van der Waals surface area contributed by atoms with Crippen LogP contribution in [0.25, 0.3) is 6.08 Å². The monoisotopic (exact) mass is 514 g/mol. The highest BCUT2D eigenvalue weighted by molar-refractivity contribution is 6.02. The minimum Gasteiger partial charge on any atom is -0.457 e. The van der Waals surface area contributed by atoms with Crippen LogP contribution >= 0.6 is 0 Å². The first-order valence-electron chi connectivity index (χ1n) is 11.1. The van der Waals surface area contributed by atoms with Crippen molar-refractivity contribution in [2.75, 3.05) is 25.6 Å². The average Bonchev–Trinajstić information content (AvgIpc) is 3.33. The molecule has 0 spiro atoms. The molecule has 0 saturated heterocycles. The Morgan fingerprint density at radius 2 is 1.97 bits per heavy atom. The number of pyridine rings is 1. The summed E-state index contributed by atoms with van der Waals surface area (Å²) in [4.78, 5) is 21.0. The second-order valence-corrected chi connectivity index (χ2v) is 8.05. The van der Waals surface area contributed by atoms with Crippen molar-refractivity contribution in [1.29, 1.82) is 0 Å². The molecular weight excluding hydrogens is 492 g/mol. The van der Waals surface area contributed by atoms with E-state index in [1.54, 1.807) is 49.7 Å². The predicted octanol–water partition coefficient (Wildman–Crippen LogP) is 5.05. The molecule has 0 unspecified atom stereocenters. The minimum atomic E-state index is -4.87. The number of nitrogens with zero attached hydrogens (tertiary/aromatic N) is 2. The van der Waals surface area contributed by atoms with E-state index in [0.717, 1.165) is 12.1 Å². The molecule has 11 heteroatoms. The van der Waals surface area contributed by atoms with E-state index in [0.29, 0.717) is 53.9 Å². The highest BCUT2D eigenvalue weighted by Crippen LogP contribution is 2.33. The Kier molecular flexibility index (Phi) is 7.83. The summed E-state index contributed by atoms with van der Waals surface area (Å²) < 4.78 is 63.1. The molecule has 37 heavy (non-hydrogen) atoms. The Morgan fingerprint density at radius 3 is 2.76 bits per heavy atom. The largest absolute Gasteiger partial charge is 0.457 e. The Bertz CT molecular complexity index is 1340. The van der Waals surface area contributed by atoms with Gasteiger partial charge in [0, 0.05) is 31.1 Å². The Balaban J connectivity index is 1.40. The van der Waals surface area contributed by atoms with E-state index in [2.05, 4.69) is 20.6 Å². The summed E-state index contributed by atoms with van der Waals surface area (Å²) in [6.07, 6.45) is -0.640. The van der Waals surface area contributed by atoms with Gasteiger partial charge < -0.3 is 20.1 Å². The van der Waals surface area contributed by atoms with Gasteiger partial charge in [0.2, 0.25) is 5.91 Å². The number of alkyl halides is 3. The number of benzene rings is 2. The molecule has 2 aromatic carbocycles. The van der Waals surface area contributed by atoms with Gasteiger partial charge in [-0.2, -0.15) is 13.2 Å². The van der Waals surface area contributed by atoms with Crippen molar-refractivity contribution >= 4 is 23.5 Å². The molecule has 1 aromatic heterocycles. The number of aromatic nitrogens is 1. The number of carbonyl (C=O) groups is 1. The number of carbonyl (C=O) groups excluding carboxylic acids is 1. The molecular formula is C26H22F4N4O3. The van der Waals surface area contributed by atoms with Crippen molar-refractivity contribution in [1.82, 2.24) is 10.3 Å². The van der Waals surface area contributed by atoms with Gasteiger partial charge in [0.15, 0.2) is 0 Å². The lowest BCUT2D eigenvalue weighted by molar-refractivity contribution is -0.140. The molecule has 2 heterocycles. The van der Waals surface area contributed by atoms with Crippen LogP contribution in [-0.4, -0.2) is 43.0 Å². The second kappa shape index (κ2) is 11.2. The van der Waals surface area contributed by atoms with Crippen LogP contribution in [0.1, 0.15) is 16.8 Å². The maximum atomic E-state index is 13.4. The first-order valence-corrected chi connectivity index (χ1v) is 11.1. The molecule has 0 fully saturated rings. The highest BCUT2D eigenvalue weighted by Gasteiger charge is 2.34. The molecule has 0 aliphatic carbocycles. The topological polar surface area (TPSA) is 84.8 Å². The molecule has 4 rings (SSSR count). The van der Waals surface area contributed by atoms with Gasteiger partial charge in [-0.15, -0.1) is 0 Å². The van der Waals surface area contributed by atoms with Gasteiger partial charge in [-0.05, 0) is 48.0 Å². The number of ether oxygens (including phenoxy) is 2. The number of amides is 1. The smallest absolute Gasteiger partial charge is 0.419 e. The van der Waals surface area contributed by atoms with E-state index >= 15 is 0 Å². The fraction of sp³-hybridized carbons (Fsp3) is 0.192. The maximum Gasteiger partial charge on any atom is 0.419 e. The molecule has 0 radical (unpaired) electrons. The zero-order valence-corrected chi connectivity index (χ0v) is 19.6. The zero-order chi connectivity index (χ0) is 26.4. The first kappa shape index (κ1) is 25.8. The average molecular weight is 514 g/mol. The molecule has 1 atom stereocenters. The first-order chi connectivity index (χ1) is 17.7. The second-order valence-electron chi connectivity index (χ2n) is 8.05. The molecule has 1 aliphatic rings. The molecule has 7 nitrogen and oxygen atoms in total. The third kappa shape index (κ3) is 6.91. The number of aliphatic imine (C=N–C) groups is 1. The fourth-order valence-electron chi connectivity index (χ4n) is 3.53. The van der Waals surface area contributed by atoms with Gasteiger partial charge in [0.25, 0.3) is 0 Å². The highest BCUT2D eigenvalue weighted by atomic mass is 19.4. The lowest BCUT2D eigenvalue weighted by Gasteiger charge is -2.11. The van der Waals surface area contributed by atoms with Crippen LogP contribution in [0.5, 0.6) is 11.5 Å². The van der Waals surface area contributed by atoms with Gasteiger partial charge in [0.1, 0.15) is 28.8 Å². The lowest BCUT2D eigenvalue weighted by Crippen LogP contribution is -2.34. The Labute approximate surface area is 209 Å². The van der Waals surface area contributed by atoms with E-state index in [1.807, 2.05) is 0 Å². The summed E-state index contributed by atoms with van der Waals surface area (Å²) in [5, 5.41) is 5.55. The molecule has 192 valence electrons. The van der Waals surface area contributed by atoms with Crippen molar-refractivity contribution in [2.45, 2.75) is 12.2 Å². The third-order valence-electron chi connectivity index (χ3n) is 5.21. The maximum absolute atomic E-state index is 13.4. The van der Waals surface area contributed by atoms with Crippen molar-refractivity contribution in [3.8, 4) is 11.5 Å². The summed E-state index contributed by atoms with van der Waals surface area (Å²) in [6.45, 7) is 1.11.